The molecule has 1 N–H and O–H groups in total. The molecule has 0 atom stereocenters. The van der Waals surface area contributed by atoms with E-state index in [9.17, 15) is 0 Å². The van der Waals surface area contributed by atoms with Crippen molar-refractivity contribution in [2.75, 3.05) is 5.32 Å². The number of rotatable bonds is 3. The first-order chi connectivity index (χ1) is 9.10. The van der Waals surface area contributed by atoms with Crippen LogP contribution in [0.4, 0.5) is 5.69 Å². The third-order valence-corrected chi connectivity index (χ3v) is 3.82. The Morgan fingerprint density at radius 2 is 2.05 bits per heavy atom. The summed E-state index contributed by atoms with van der Waals surface area (Å²) in [6, 6.07) is 13.5. The second-order valence-electron chi connectivity index (χ2n) is 4.25. The predicted molar refractivity (Wildman–Crippen MR) is 82.4 cm³/mol. The smallest absolute Gasteiger partial charge is 0.0992 e. The number of halogens is 2. The molecule has 0 bridgehead atoms. The first-order valence-electron chi connectivity index (χ1n) is 5.78. The summed E-state index contributed by atoms with van der Waals surface area (Å²) in [5.74, 6) is 0. The van der Waals surface area contributed by atoms with Crippen LogP contribution in [0.5, 0.6) is 0 Å². The molecule has 0 spiro atoms. The Hall–Kier alpha value is -1.50. The molecule has 2 aromatic carbocycles. The van der Waals surface area contributed by atoms with Crippen LogP contribution in [0, 0.1) is 18.3 Å². The fourth-order valence-corrected chi connectivity index (χ4v) is 2.36. The summed E-state index contributed by atoms with van der Waals surface area (Å²) in [4.78, 5) is 0. The zero-order chi connectivity index (χ0) is 13.8. The zero-order valence-electron chi connectivity index (χ0n) is 10.4. The zero-order valence-corrected chi connectivity index (χ0v) is 12.7. The number of hydrogen-bond donors (Lipinski definition) is 1. The Kier molecular flexibility index (Phi) is 4.47. The van der Waals surface area contributed by atoms with E-state index in [2.05, 4.69) is 33.4 Å². The summed E-state index contributed by atoms with van der Waals surface area (Å²) in [7, 11) is 0. The van der Waals surface area contributed by atoms with Gasteiger partial charge >= 0.3 is 0 Å². The van der Waals surface area contributed by atoms with E-state index >= 15 is 0 Å². The normalized spacial score (nSPS) is 10.0. The van der Waals surface area contributed by atoms with Crippen LogP contribution >= 0.6 is 27.5 Å². The van der Waals surface area contributed by atoms with Crippen molar-refractivity contribution in [3.8, 4) is 6.07 Å². The van der Waals surface area contributed by atoms with E-state index in [1.54, 1.807) is 12.1 Å². The third-order valence-electron chi connectivity index (χ3n) is 2.77. The minimum atomic E-state index is 0.575. The minimum Gasteiger partial charge on any atom is -0.380 e. The number of anilines is 1. The van der Waals surface area contributed by atoms with Crippen LogP contribution in [-0.2, 0) is 6.54 Å². The van der Waals surface area contributed by atoms with Gasteiger partial charge in [-0.1, -0.05) is 23.7 Å². The molecule has 0 radical (unpaired) electrons. The van der Waals surface area contributed by atoms with Crippen molar-refractivity contribution in [1.29, 1.82) is 5.26 Å². The molecule has 0 unspecified atom stereocenters. The molecule has 2 aromatic rings. The number of nitriles is 1. The summed E-state index contributed by atoms with van der Waals surface area (Å²) in [6.07, 6.45) is 0. The standard InChI is InChI=1S/C15H12BrClN2/c1-10-2-5-13(16)15(6-10)19-9-12-4-3-11(8-18)7-14(12)17/h2-7,19H,9H2,1H3. The Morgan fingerprint density at radius 3 is 2.74 bits per heavy atom. The number of hydrogen-bond acceptors (Lipinski definition) is 2. The van der Waals surface area contributed by atoms with Gasteiger partial charge in [-0.3, -0.25) is 0 Å². The summed E-state index contributed by atoms with van der Waals surface area (Å²) in [5, 5.41) is 12.7. The SMILES string of the molecule is Cc1ccc(Br)c(NCc2ccc(C#N)cc2Cl)c1. The lowest BCUT2D eigenvalue weighted by molar-refractivity contribution is 1.14. The van der Waals surface area contributed by atoms with Gasteiger partial charge in [0.25, 0.3) is 0 Å². The lowest BCUT2D eigenvalue weighted by atomic mass is 10.1. The van der Waals surface area contributed by atoms with E-state index in [1.165, 1.54) is 5.56 Å². The van der Waals surface area contributed by atoms with Gasteiger partial charge in [0.1, 0.15) is 0 Å². The number of nitrogens with one attached hydrogen (secondary N) is 1. The highest BCUT2D eigenvalue weighted by Gasteiger charge is 2.04. The summed E-state index contributed by atoms with van der Waals surface area (Å²) in [6.45, 7) is 2.67. The van der Waals surface area contributed by atoms with E-state index in [0.717, 1.165) is 15.7 Å². The maximum atomic E-state index is 8.80. The van der Waals surface area contributed by atoms with Crippen LogP contribution in [0.3, 0.4) is 0 Å². The number of benzene rings is 2. The summed E-state index contributed by atoms with van der Waals surface area (Å²) in [5.41, 5.74) is 3.76. The Labute approximate surface area is 126 Å². The highest BCUT2D eigenvalue weighted by molar-refractivity contribution is 9.10. The molecular formula is C15H12BrClN2. The maximum Gasteiger partial charge on any atom is 0.0992 e. The van der Waals surface area contributed by atoms with Gasteiger partial charge < -0.3 is 5.32 Å². The van der Waals surface area contributed by atoms with Crippen LogP contribution in [-0.4, -0.2) is 0 Å². The van der Waals surface area contributed by atoms with Crippen LogP contribution in [0.25, 0.3) is 0 Å². The van der Waals surface area contributed by atoms with Crippen LogP contribution in [0.1, 0.15) is 16.7 Å². The van der Waals surface area contributed by atoms with Gasteiger partial charge in [0.05, 0.1) is 11.6 Å². The molecule has 96 valence electrons. The molecule has 0 aromatic heterocycles. The van der Waals surface area contributed by atoms with Gasteiger partial charge in [-0.2, -0.15) is 5.26 Å². The molecule has 0 aliphatic carbocycles. The minimum absolute atomic E-state index is 0.575. The fraction of sp³-hybridized carbons (Fsp3) is 0.133. The lowest BCUT2D eigenvalue weighted by Gasteiger charge is -2.11. The predicted octanol–water partition coefficient (Wildman–Crippen LogP) is 4.89. The van der Waals surface area contributed by atoms with E-state index in [-0.39, 0.29) is 0 Å². The molecule has 0 heterocycles. The third kappa shape index (κ3) is 3.50. The van der Waals surface area contributed by atoms with E-state index in [4.69, 9.17) is 16.9 Å². The van der Waals surface area contributed by atoms with Gasteiger partial charge in [0.2, 0.25) is 0 Å². The number of aryl methyl sites for hydroxylation is 1. The molecule has 2 rings (SSSR count). The van der Waals surface area contributed by atoms with Crippen molar-refractivity contribution >= 4 is 33.2 Å². The molecule has 0 saturated heterocycles. The van der Waals surface area contributed by atoms with E-state index < -0.39 is 0 Å². The molecule has 0 aliphatic rings. The first kappa shape index (κ1) is 13.9. The molecule has 0 saturated carbocycles. The van der Waals surface area contributed by atoms with Crippen LogP contribution < -0.4 is 5.32 Å². The fourth-order valence-electron chi connectivity index (χ4n) is 1.73. The average Bonchev–Trinajstić information content (AvgIpc) is 2.40. The van der Waals surface area contributed by atoms with Crippen LogP contribution in [0.15, 0.2) is 40.9 Å². The quantitative estimate of drug-likeness (QED) is 0.866. The van der Waals surface area contributed by atoms with E-state index in [1.807, 2.05) is 25.1 Å². The van der Waals surface area contributed by atoms with Crippen molar-refractivity contribution in [2.24, 2.45) is 0 Å². The Morgan fingerprint density at radius 1 is 1.26 bits per heavy atom. The van der Waals surface area contributed by atoms with E-state index in [0.29, 0.717) is 17.1 Å². The largest absolute Gasteiger partial charge is 0.380 e. The molecule has 2 nitrogen and oxygen atoms in total. The molecule has 0 amide bonds. The molecule has 4 heteroatoms. The van der Waals surface area contributed by atoms with Gasteiger partial charge in [-0.25, -0.2) is 0 Å². The molecule has 0 aliphatic heterocycles. The lowest BCUT2D eigenvalue weighted by Crippen LogP contribution is -2.01. The maximum absolute atomic E-state index is 8.80. The number of nitrogens with zero attached hydrogens (tertiary/aromatic N) is 1. The van der Waals surface area contributed by atoms with Crippen molar-refractivity contribution in [3.63, 3.8) is 0 Å². The van der Waals surface area contributed by atoms with Gasteiger partial charge in [-0.15, -0.1) is 0 Å². The Bertz CT molecular complexity index is 647. The highest BCUT2D eigenvalue weighted by atomic mass is 79.9. The van der Waals surface area contributed by atoms with Crippen molar-refractivity contribution in [3.05, 3.63) is 62.6 Å². The first-order valence-corrected chi connectivity index (χ1v) is 6.96. The second kappa shape index (κ2) is 6.10. The summed E-state index contributed by atoms with van der Waals surface area (Å²) >= 11 is 9.65. The van der Waals surface area contributed by atoms with Gasteiger partial charge in [0, 0.05) is 21.7 Å². The molecule has 19 heavy (non-hydrogen) atoms. The molecular weight excluding hydrogens is 324 g/mol. The van der Waals surface area contributed by atoms with Gasteiger partial charge in [0.15, 0.2) is 0 Å². The van der Waals surface area contributed by atoms with Crippen LogP contribution in [0.2, 0.25) is 5.02 Å². The van der Waals surface area contributed by atoms with Crippen molar-refractivity contribution < 1.29 is 0 Å². The second-order valence-corrected chi connectivity index (χ2v) is 5.52. The van der Waals surface area contributed by atoms with Crippen molar-refractivity contribution in [2.45, 2.75) is 13.5 Å². The molecule has 0 fully saturated rings. The highest BCUT2D eigenvalue weighted by Crippen LogP contribution is 2.25. The van der Waals surface area contributed by atoms with Gasteiger partial charge in [-0.05, 0) is 58.2 Å². The monoisotopic (exact) mass is 334 g/mol. The average molecular weight is 336 g/mol. The summed E-state index contributed by atoms with van der Waals surface area (Å²) < 4.78 is 1.02. The topological polar surface area (TPSA) is 35.8 Å². The van der Waals surface area contributed by atoms with Crippen molar-refractivity contribution in [1.82, 2.24) is 0 Å². The Balaban J connectivity index is 2.15.